The zero-order valence-corrected chi connectivity index (χ0v) is 19.6. The molecule has 2 amide bonds. The Bertz CT molecular complexity index is 1210. The highest BCUT2D eigenvalue weighted by atomic mass is 32.2. The number of nitrogens with one attached hydrogen (secondary N) is 3. The summed E-state index contributed by atoms with van der Waals surface area (Å²) in [5.41, 5.74) is 2.81. The van der Waals surface area contributed by atoms with E-state index in [1.165, 1.54) is 0 Å². The van der Waals surface area contributed by atoms with Crippen LogP contribution in [0.4, 0.5) is 5.69 Å². The molecule has 9 heteroatoms. The van der Waals surface area contributed by atoms with Crippen LogP contribution >= 0.6 is 0 Å². The fourth-order valence-electron chi connectivity index (χ4n) is 3.74. The highest BCUT2D eigenvalue weighted by Crippen LogP contribution is 2.21. The molecule has 0 saturated heterocycles. The molecule has 0 aliphatic carbocycles. The maximum absolute atomic E-state index is 13.1. The highest BCUT2D eigenvalue weighted by molar-refractivity contribution is 7.88. The molecular weight excluding hydrogens is 454 g/mol. The number of amides is 2. The number of anilines is 1. The molecule has 3 rings (SSSR count). The Hall–Kier alpha value is -3.27. The number of sulfonamides is 1. The molecule has 0 spiro atoms. The van der Waals surface area contributed by atoms with Crippen molar-refractivity contribution >= 4 is 38.3 Å². The van der Waals surface area contributed by atoms with Crippen LogP contribution in [0, 0.1) is 0 Å². The van der Waals surface area contributed by atoms with E-state index in [9.17, 15) is 18.0 Å². The van der Waals surface area contributed by atoms with Crippen molar-refractivity contribution in [2.45, 2.75) is 43.9 Å². The van der Waals surface area contributed by atoms with Gasteiger partial charge in [-0.05, 0) is 41.3 Å². The Morgan fingerprint density at radius 1 is 0.853 bits per heavy atom. The molecule has 0 heterocycles. The summed E-state index contributed by atoms with van der Waals surface area (Å²) in [6.45, 7) is 0. The average molecular weight is 484 g/mol. The van der Waals surface area contributed by atoms with E-state index in [1.807, 2.05) is 42.5 Å². The van der Waals surface area contributed by atoms with Gasteiger partial charge in [-0.15, -0.1) is 0 Å². The van der Waals surface area contributed by atoms with E-state index in [2.05, 4.69) is 10.0 Å². The van der Waals surface area contributed by atoms with Crippen molar-refractivity contribution in [2.24, 2.45) is 0 Å². The summed E-state index contributed by atoms with van der Waals surface area (Å²) in [7, 11) is -3.83. The standard InChI is InChI=1S/C25H29N3O5S/c29-24(27-31)17-6-2-5-16-23(25(30)26-21-13-3-1-4-14-21)28-34(32,33)18-20-12-9-11-19-10-7-8-15-22(19)20/h1,3-4,7-15,23,28,31H,2,5-6,16-18H2,(H,26,30)(H,27,29)/t23-/m0/s1. The summed E-state index contributed by atoms with van der Waals surface area (Å²) in [4.78, 5) is 24.1. The van der Waals surface area contributed by atoms with Crippen LogP contribution in [-0.4, -0.2) is 31.5 Å². The molecule has 34 heavy (non-hydrogen) atoms. The predicted molar refractivity (Wildman–Crippen MR) is 132 cm³/mol. The molecule has 1 atom stereocenters. The van der Waals surface area contributed by atoms with Crippen molar-refractivity contribution in [1.29, 1.82) is 0 Å². The van der Waals surface area contributed by atoms with Gasteiger partial charge in [0.15, 0.2) is 0 Å². The number of hydrogen-bond acceptors (Lipinski definition) is 5. The molecule has 0 bridgehead atoms. The van der Waals surface area contributed by atoms with Crippen LogP contribution in [0.2, 0.25) is 0 Å². The van der Waals surface area contributed by atoms with Crippen LogP contribution in [-0.2, 0) is 25.4 Å². The molecule has 0 fully saturated rings. The number of para-hydroxylation sites is 1. The van der Waals surface area contributed by atoms with Gasteiger partial charge in [-0.1, -0.05) is 73.5 Å². The van der Waals surface area contributed by atoms with E-state index < -0.39 is 27.9 Å². The van der Waals surface area contributed by atoms with Gasteiger partial charge in [-0.2, -0.15) is 0 Å². The fourth-order valence-corrected chi connectivity index (χ4v) is 5.15. The zero-order valence-electron chi connectivity index (χ0n) is 18.7. The largest absolute Gasteiger partial charge is 0.325 e. The Kier molecular flexibility index (Phi) is 9.15. The van der Waals surface area contributed by atoms with Gasteiger partial charge in [0.05, 0.1) is 5.75 Å². The van der Waals surface area contributed by atoms with Gasteiger partial charge in [0.2, 0.25) is 21.8 Å². The average Bonchev–Trinajstić information content (AvgIpc) is 2.83. The molecule has 0 aromatic heterocycles. The summed E-state index contributed by atoms with van der Waals surface area (Å²) < 4.78 is 28.7. The van der Waals surface area contributed by atoms with E-state index in [1.54, 1.807) is 35.8 Å². The number of carbonyl (C=O) groups excluding carboxylic acids is 2. The summed E-state index contributed by atoms with van der Waals surface area (Å²) in [6, 6.07) is 20.9. The van der Waals surface area contributed by atoms with E-state index in [4.69, 9.17) is 5.21 Å². The third-order valence-electron chi connectivity index (χ3n) is 5.43. The van der Waals surface area contributed by atoms with Crippen molar-refractivity contribution in [3.63, 3.8) is 0 Å². The summed E-state index contributed by atoms with van der Waals surface area (Å²) in [5.74, 6) is -1.17. The monoisotopic (exact) mass is 483 g/mol. The minimum absolute atomic E-state index is 0.157. The van der Waals surface area contributed by atoms with Crippen molar-refractivity contribution in [3.05, 3.63) is 78.4 Å². The Morgan fingerprint density at radius 2 is 1.56 bits per heavy atom. The van der Waals surface area contributed by atoms with Gasteiger partial charge in [-0.25, -0.2) is 18.6 Å². The number of benzene rings is 3. The molecule has 0 unspecified atom stereocenters. The first-order chi connectivity index (χ1) is 16.4. The van der Waals surface area contributed by atoms with Gasteiger partial charge < -0.3 is 5.32 Å². The second kappa shape index (κ2) is 12.3. The molecule has 0 aliphatic heterocycles. The highest BCUT2D eigenvalue weighted by Gasteiger charge is 2.25. The smallest absolute Gasteiger partial charge is 0.243 e. The zero-order chi connectivity index (χ0) is 24.4. The number of carbonyl (C=O) groups is 2. The quantitative estimate of drug-likeness (QED) is 0.178. The SMILES string of the molecule is O=C(CCCCC[C@H](NS(=O)(=O)Cc1cccc2ccccc12)C(=O)Nc1ccccc1)NO. The number of unbranched alkanes of at least 4 members (excludes halogenated alkanes) is 2. The van der Waals surface area contributed by atoms with Gasteiger partial charge >= 0.3 is 0 Å². The minimum Gasteiger partial charge on any atom is -0.325 e. The first kappa shape index (κ1) is 25.4. The van der Waals surface area contributed by atoms with Crippen molar-refractivity contribution in [2.75, 3.05) is 5.32 Å². The second-order valence-corrected chi connectivity index (χ2v) is 9.81. The lowest BCUT2D eigenvalue weighted by Gasteiger charge is -2.19. The van der Waals surface area contributed by atoms with Crippen LogP contribution in [0.5, 0.6) is 0 Å². The van der Waals surface area contributed by atoms with Crippen LogP contribution < -0.4 is 15.5 Å². The van der Waals surface area contributed by atoms with Crippen LogP contribution in [0.1, 0.15) is 37.7 Å². The second-order valence-electron chi connectivity index (χ2n) is 8.06. The summed E-state index contributed by atoms with van der Waals surface area (Å²) >= 11 is 0. The maximum Gasteiger partial charge on any atom is 0.243 e. The summed E-state index contributed by atoms with van der Waals surface area (Å²) in [6.07, 6.45) is 2.08. The molecule has 3 aromatic rings. The molecule has 0 aliphatic rings. The van der Waals surface area contributed by atoms with Gasteiger partial charge in [-0.3, -0.25) is 14.8 Å². The van der Waals surface area contributed by atoms with Crippen LogP contribution in [0.15, 0.2) is 72.8 Å². The molecule has 8 nitrogen and oxygen atoms in total. The van der Waals surface area contributed by atoms with Crippen LogP contribution in [0.3, 0.4) is 0 Å². The third-order valence-corrected chi connectivity index (χ3v) is 6.76. The Labute approximate surface area is 199 Å². The van der Waals surface area contributed by atoms with E-state index in [-0.39, 0.29) is 18.6 Å². The molecule has 180 valence electrons. The number of hydroxylamine groups is 1. The third kappa shape index (κ3) is 7.65. The topological polar surface area (TPSA) is 125 Å². The lowest BCUT2D eigenvalue weighted by Crippen LogP contribution is -2.44. The minimum atomic E-state index is -3.83. The number of hydrogen-bond donors (Lipinski definition) is 4. The molecule has 0 saturated carbocycles. The predicted octanol–water partition coefficient (Wildman–Crippen LogP) is 3.72. The number of fused-ring (bicyclic) bond motifs is 1. The van der Waals surface area contributed by atoms with Gasteiger partial charge in [0.25, 0.3) is 0 Å². The van der Waals surface area contributed by atoms with Gasteiger partial charge in [0, 0.05) is 12.1 Å². The van der Waals surface area contributed by atoms with Crippen LogP contribution in [0.25, 0.3) is 10.8 Å². The summed E-state index contributed by atoms with van der Waals surface area (Å²) in [5, 5.41) is 13.1. The first-order valence-corrected chi connectivity index (χ1v) is 12.8. The lowest BCUT2D eigenvalue weighted by atomic mass is 10.1. The van der Waals surface area contributed by atoms with Crippen molar-refractivity contribution < 1.29 is 23.2 Å². The van der Waals surface area contributed by atoms with Crippen molar-refractivity contribution in [3.8, 4) is 0 Å². The normalized spacial score (nSPS) is 12.3. The fraction of sp³-hybridized carbons (Fsp3) is 0.280. The van der Waals surface area contributed by atoms with Crippen molar-refractivity contribution in [1.82, 2.24) is 10.2 Å². The number of rotatable bonds is 12. The van der Waals surface area contributed by atoms with E-state index in [0.29, 0.717) is 30.5 Å². The van der Waals surface area contributed by atoms with E-state index >= 15 is 0 Å². The Morgan fingerprint density at radius 3 is 2.32 bits per heavy atom. The molecule has 4 N–H and O–H groups in total. The molecule has 3 aromatic carbocycles. The maximum atomic E-state index is 13.1. The molecular formula is C25H29N3O5S. The first-order valence-electron chi connectivity index (χ1n) is 11.1. The lowest BCUT2D eigenvalue weighted by molar-refractivity contribution is -0.129. The van der Waals surface area contributed by atoms with E-state index in [0.717, 1.165) is 10.8 Å². The van der Waals surface area contributed by atoms with Gasteiger partial charge in [0.1, 0.15) is 6.04 Å². The Balaban J connectivity index is 1.70. The molecule has 0 radical (unpaired) electrons.